The van der Waals surface area contributed by atoms with Crippen LogP contribution >= 0.6 is 0 Å². The first kappa shape index (κ1) is 16.0. The van der Waals surface area contributed by atoms with Gasteiger partial charge >= 0.3 is 0 Å². The van der Waals surface area contributed by atoms with E-state index < -0.39 is 15.9 Å². The van der Waals surface area contributed by atoms with Crippen molar-refractivity contribution in [3.8, 4) is 5.75 Å². The molecule has 4 nitrogen and oxygen atoms in total. The molecule has 108 valence electrons. The average Bonchev–Trinajstić information content (AvgIpc) is 2.43. The number of rotatable bonds is 8. The van der Waals surface area contributed by atoms with Crippen LogP contribution in [0.5, 0.6) is 5.75 Å². The highest BCUT2D eigenvalue weighted by Gasteiger charge is 2.16. The second-order valence-corrected chi connectivity index (χ2v) is 6.69. The molecule has 0 aliphatic carbocycles. The molecule has 1 unspecified atom stereocenters. The number of hydrogen-bond acceptors (Lipinski definition) is 4. The summed E-state index contributed by atoms with van der Waals surface area (Å²) in [6, 6.07) is 6.32. The molecule has 19 heavy (non-hydrogen) atoms. The quantitative estimate of drug-likeness (QED) is 0.797. The van der Waals surface area contributed by atoms with Gasteiger partial charge < -0.3 is 9.84 Å². The first-order chi connectivity index (χ1) is 8.99. The van der Waals surface area contributed by atoms with Gasteiger partial charge in [-0.15, -0.1) is 0 Å². The van der Waals surface area contributed by atoms with E-state index in [-0.39, 0.29) is 17.1 Å². The van der Waals surface area contributed by atoms with Crippen molar-refractivity contribution < 1.29 is 18.3 Å². The van der Waals surface area contributed by atoms with Gasteiger partial charge in [0.2, 0.25) is 0 Å². The Labute approximate surface area is 115 Å². The molecule has 1 aromatic rings. The van der Waals surface area contributed by atoms with Crippen LogP contribution in [0.2, 0.25) is 0 Å². The summed E-state index contributed by atoms with van der Waals surface area (Å²) in [6.07, 6.45) is 2.34. The molecular formula is C14H22O4S. The van der Waals surface area contributed by atoms with Crippen LogP contribution in [-0.2, 0) is 9.84 Å². The van der Waals surface area contributed by atoms with Gasteiger partial charge in [0, 0.05) is 0 Å². The lowest BCUT2D eigenvalue weighted by Gasteiger charge is -2.10. The van der Waals surface area contributed by atoms with Crippen LogP contribution in [0.4, 0.5) is 0 Å². The van der Waals surface area contributed by atoms with Crippen molar-refractivity contribution in [3.05, 3.63) is 24.3 Å². The van der Waals surface area contributed by atoms with Crippen LogP contribution in [-0.4, -0.2) is 32.5 Å². The molecule has 0 spiro atoms. The first-order valence-corrected chi connectivity index (χ1v) is 8.19. The van der Waals surface area contributed by atoms with Gasteiger partial charge in [0.1, 0.15) is 5.75 Å². The summed E-state index contributed by atoms with van der Waals surface area (Å²) in [7, 11) is -1.79. The minimum Gasteiger partial charge on any atom is -0.497 e. The lowest BCUT2D eigenvalue weighted by molar-refractivity contribution is 0.158. The molecule has 0 aromatic heterocycles. The third kappa shape index (κ3) is 5.20. The zero-order chi connectivity index (χ0) is 14.3. The third-order valence-corrected chi connectivity index (χ3v) is 4.79. The molecule has 0 aliphatic heterocycles. The summed E-state index contributed by atoms with van der Waals surface area (Å²) in [4.78, 5) is 0.274. The summed E-state index contributed by atoms with van der Waals surface area (Å²) in [5.74, 6) is 0.603. The highest BCUT2D eigenvalue weighted by atomic mass is 32.2. The van der Waals surface area contributed by atoms with E-state index in [2.05, 4.69) is 0 Å². The number of unbranched alkanes of at least 4 members (excludes halogenated alkanes) is 1. The second kappa shape index (κ2) is 7.50. The maximum atomic E-state index is 12.1. The van der Waals surface area contributed by atoms with Crippen molar-refractivity contribution in [2.45, 2.75) is 43.6 Å². The molecule has 1 rings (SSSR count). The Morgan fingerprint density at radius 1 is 1.21 bits per heavy atom. The Morgan fingerprint density at radius 2 is 1.84 bits per heavy atom. The van der Waals surface area contributed by atoms with Crippen molar-refractivity contribution in [1.82, 2.24) is 0 Å². The van der Waals surface area contributed by atoms with Crippen LogP contribution in [0.3, 0.4) is 0 Å². The fourth-order valence-corrected chi connectivity index (χ4v) is 3.15. The molecule has 1 N–H and O–H groups in total. The Kier molecular flexibility index (Phi) is 6.31. The lowest BCUT2D eigenvalue weighted by Crippen LogP contribution is -2.15. The number of aliphatic hydroxyl groups excluding tert-OH is 1. The van der Waals surface area contributed by atoms with Crippen LogP contribution in [0, 0.1) is 0 Å². The van der Waals surface area contributed by atoms with Crippen LogP contribution in [0.1, 0.15) is 32.6 Å². The van der Waals surface area contributed by atoms with E-state index in [9.17, 15) is 13.5 Å². The highest BCUT2D eigenvalue weighted by molar-refractivity contribution is 7.91. The number of methoxy groups -OCH3 is 1. The predicted octanol–water partition coefficient (Wildman–Crippen LogP) is 2.41. The van der Waals surface area contributed by atoms with Crippen LogP contribution < -0.4 is 4.74 Å². The zero-order valence-electron chi connectivity index (χ0n) is 11.5. The molecular weight excluding hydrogens is 264 g/mol. The van der Waals surface area contributed by atoms with E-state index in [1.165, 1.54) is 19.2 Å². The minimum absolute atomic E-state index is 0.0236. The largest absolute Gasteiger partial charge is 0.497 e. The van der Waals surface area contributed by atoms with Gasteiger partial charge in [0.05, 0.1) is 23.9 Å². The van der Waals surface area contributed by atoms with Gasteiger partial charge in [-0.2, -0.15) is 0 Å². The first-order valence-electron chi connectivity index (χ1n) is 6.54. The molecule has 1 aromatic carbocycles. The summed E-state index contributed by atoms with van der Waals surface area (Å²) in [6.45, 7) is 2.04. The molecule has 0 fully saturated rings. The summed E-state index contributed by atoms with van der Waals surface area (Å²) < 4.78 is 29.1. The third-order valence-electron chi connectivity index (χ3n) is 3.03. The summed E-state index contributed by atoms with van der Waals surface area (Å²) in [5.41, 5.74) is 0. The molecule has 0 radical (unpaired) electrons. The summed E-state index contributed by atoms with van der Waals surface area (Å²) >= 11 is 0. The normalized spacial score (nSPS) is 13.2. The standard InChI is InChI=1S/C14H22O4S/c1-3-4-5-12(15)10-11-19(16,17)14-8-6-13(18-2)7-9-14/h6-9,12,15H,3-5,10-11H2,1-2H3. The topological polar surface area (TPSA) is 63.6 Å². The molecule has 0 saturated heterocycles. The van der Waals surface area contributed by atoms with Crippen LogP contribution in [0.25, 0.3) is 0 Å². The average molecular weight is 286 g/mol. The van der Waals surface area contributed by atoms with Crippen molar-refractivity contribution in [2.24, 2.45) is 0 Å². The Morgan fingerprint density at radius 3 is 2.37 bits per heavy atom. The van der Waals surface area contributed by atoms with Crippen molar-refractivity contribution in [3.63, 3.8) is 0 Å². The van der Waals surface area contributed by atoms with E-state index in [1.807, 2.05) is 6.92 Å². The minimum atomic E-state index is -3.32. The Balaban J connectivity index is 2.59. The Bertz CT molecular complexity index is 465. The van der Waals surface area contributed by atoms with Gasteiger partial charge in [-0.1, -0.05) is 19.8 Å². The van der Waals surface area contributed by atoms with Crippen LogP contribution in [0.15, 0.2) is 29.2 Å². The molecule has 1 atom stereocenters. The lowest BCUT2D eigenvalue weighted by atomic mass is 10.1. The van der Waals surface area contributed by atoms with E-state index in [4.69, 9.17) is 4.74 Å². The Hall–Kier alpha value is -1.07. The molecule has 0 amide bonds. The second-order valence-electron chi connectivity index (χ2n) is 4.58. The monoisotopic (exact) mass is 286 g/mol. The summed E-state index contributed by atoms with van der Waals surface area (Å²) in [5, 5.41) is 9.69. The number of aliphatic hydroxyl groups is 1. The van der Waals surface area contributed by atoms with Crippen molar-refractivity contribution in [1.29, 1.82) is 0 Å². The fourth-order valence-electron chi connectivity index (χ4n) is 1.78. The molecule has 5 heteroatoms. The van der Waals surface area contributed by atoms with Gasteiger partial charge in [-0.25, -0.2) is 8.42 Å². The number of benzene rings is 1. The van der Waals surface area contributed by atoms with Gasteiger partial charge in [-0.05, 0) is 37.1 Å². The smallest absolute Gasteiger partial charge is 0.178 e. The molecule has 0 saturated carbocycles. The molecule has 0 bridgehead atoms. The van der Waals surface area contributed by atoms with Crippen molar-refractivity contribution >= 4 is 9.84 Å². The van der Waals surface area contributed by atoms with Gasteiger partial charge in [0.25, 0.3) is 0 Å². The predicted molar refractivity (Wildman–Crippen MR) is 75.2 cm³/mol. The van der Waals surface area contributed by atoms with Crippen molar-refractivity contribution in [2.75, 3.05) is 12.9 Å². The maximum absolute atomic E-state index is 12.1. The van der Waals surface area contributed by atoms with Gasteiger partial charge in [0.15, 0.2) is 9.84 Å². The number of sulfone groups is 1. The zero-order valence-corrected chi connectivity index (χ0v) is 12.3. The SMILES string of the molecule is CCCCC(O)CCS(=O)(=O)c1ccc(OC)cc1. The fraction of sp³-hybridized carbons (Fsp3) is 0.571. The number of ether oxygens (including phenoxy) is 1. The number of hydrogen-bond donors (Lipinski definition) is 1. The van der Waals surface area contributed by atoms with E-state index in [0.29, 0.717) is 12.2 Å². The molecule has 0 heterocycles. The van der Waals surface area contributed by atoms with E-state index in [1.54, 1.807) is 12.1 Å². The van der Waals surface area contributed by atoms with Gasteiger partial charge in [-0.3, -0.25) is 0 Å². The van der Waals surface area contributed by atoms with E-state index in [0.717, 1.165) is 12.8 Å². The highest BCUT2D eigenvalue weighted by Crippen LogP contribution is 2.18. The molecule has 0 aliphatic rings. The van der Waals surface area contributed by atoms with E-state index >= 15 is 0 Å². The maximum Gasteiger partial charge on any atom is 0.178 e.